The number of hydrogen-bond acceptors (Lipinski definition) is 4. The lowest BCUT2D eigenvalue weighted by Crippen LogP contribution is -2.54. The maximum absolute atomic E-state index is 11.7. The van der Waals surface area contributed by atoms with Gasteiger partial charge < -0.3 is 10.0 Å². The van der Waals surface area contributed by atoms with E-state index in [1.165, 1.54) is 0 Å². The third-order valence-corrected chi connectivity index (χ3v) is 4.24. The number of para-hydroxylation sites is 2. The quantitative estimate of drug-likeness (QED) is 0.919. The number of rotatable bonds is 2. The molecule has 0 spiro atoms. The Morgan fingerprint density at radius 1 is 1.33 bits per heavy atom. The van der Waals surface area contributed by atoms with Gasteiger partial charge in [-0.15, -0.1) is 0 Å². The fourth-order valence-electron chi connectivity index (χ4n) is 3.19. The molecule has 0 saturated carbocycles. The zero-order valence-corrected chi connectivity index (χ0v) is 12.3. The first kappa shape index (κ1) is 13.8. The number of anilines is 1. The number of hydrogen-bond donors (Lipinski definition) is 1. The van der Waals surface area contributed by atoms with Crippen LogP contribution in [0.1, 0.15) is 26.7 Å². The minimum absolute atomic E-state index is 0.280. The molecule has 3 rings (SSSR count). The Hall–Kier alpha value is -2.17. The molecule has 0 aliphatic carbocycles. The highest BCUT2D eigenvalue weighted by Crippen LogP contribution is 2.37. The number of aliphatic carboxylic acids is 1. The molecule has 1 fully saturated rings. The van der Waals surface area contributed by atoms with Gasteiger partial charge in [-0.25, -0.2) is 9.78 Å². The Kier molecular flexibility index (Phi) is 3.27. The lowest BCUT2D eigenvalue weighted by Gasteiger charge is -2.44. The first-order valence-corrected chi connectivity index (χ1v) is 7.20. The fraction of sp³-hybridized carbons (Fsp3) is 0.438. The van der Waals surface area contributed by atoms with E-state index in [-0.39, 0.29) is 5.41 Å². The van der Waals surface area contributed by atoms with Crippen LogP contribution in [-0.2, 0) is 4.79 Å². The summed E-state index contributed by atoms with van der Waals surface area (Å²) in [5.74, 6) is -0.150. The summed E-state index contributed by atoms with van der Waals surface area (Å²) >= 11 is 0. The molecule has 1 saturated heterocycles. The van der Waals surface area contributed by atoms with E-state index in [0.717, 1.165) is 23.9 Å². The van der Waals surface area contributed by atoms with E-state index < -0.39 is 12.0 Å². The van der Waals surface area contributed by atoms with Gasteiger partial charge >= 0.3 is 5.97 Å². The van der Waals surface area contributed by atoms with Gasteiger partial charge in [-0.05, 0) is 30.4 Å². The number of carboxylic acid groups (broad SMARTS) is 1. The minimum atomic E-state index is -0.797. The van der Waals surface area contributed by atoms with Crippen molar-refractivity contribution in [2.75, 3.05) is 11.4 Å². The van der Waals surface area contributed by atoms with Crippen LogP contribution in [0.5, 0.6) is 0 Å². The molecule has 5 nitrogen and oxygen atoms in total. The van der Waals surface area contributed by atoms with Crippen LogP contribution in [0.15, 0.2) is 30.5 Å². The van der Waals surface area contributed by atoms with Crippen molar-refractivity contribution < 1.29 is 9.90 Å². The fourth-order valence-corrected chi connectivity index (χ4v) is 3.19. The van der Waals surface area contributed by atoms with Crippen LogP contribution in [0, 0.1) is 5.41 Å². The average molecular weight is 285 g/mol. The molecular weight excluding hydrogens is 266 g/mol. The standard InChI is InChI=1S/C16H19N3O2/c1-16(2)8-5-9-19(14(16)15(20)21)13-10-17-11-6-3-4-7-12(11)18-13/h3-4,6-7,10,14H,5,8-9H2,1-2H3,(H,20,21). The van der Waals surface area contributed by atoms with Crippen molar-refractivity contribution in [2.45, 2.75) is 32.7 Å². The highest BCUT2D eigenvalue weighted by atomic mass is 16.4. The Balaban J connectivity index is 2.04. The van der Waals surface area contributed by atoms with Gasteiger partial charge in [0.2, 0.25) is 0 Å². The number of nitrogens with zero attached hydrogens (tertiary/aromatic N) is 3. The SMILES string of the molecule is CC1(C)CCCN(c2cnc3ccccc3n2)C1C(=O)O. The predicted molar refractivity (Wildman–Crippen MR) is 81.3 cm³/mol. The van der Waals surface area contributed by atoms with E-state index in [2.05, 4.69) is 9.97 Å². The zero-order chi connectivity index (χ0) is 15.0. The van der Waals surface area contributed by atoms with Crippen molar-refractivity contribution in [1.82, 2.24) is 9.97 Å². The molecule has 1 aromatic carbocycles. The van der Waals surface area contributed by atoms with Crippen LogP contribution in [-0.4, -0.2) is 33.6 Å². The monoisotopic (exact) mass is 285 g/mol. The lowest BCUT2D eigenvalue weighted by atomic mass is 9.76. The maximum atomic E-state index is 11.7. The molecule has 0 amide bonds. The van der Waals surface area contributed by atoms with Crippen LogP contribution < -0.4 is 4.90 Å². The topological polar surface area (TPSA) is 66.3 Å². The van der Waals surface area contributed by atoms with Crippen LogP contribution >= 0.6 is 0 Å². The molecule has 1 unspecified atom stereocenters. The zero-order valence-electron chi connectivity index (χ0n) is 12.3. The Bertz CT molecular complexity index is 684. The van der Waals surface area contributed by atoms with Crippen molar-refractivity contribution in [2.24, 2.45) is 5.41 Å². The number of piperidine rings is 1. The van der Waals surface area contributed by atoms with Crippen molar-refractivity contribution >= 4 is 22.8 Å². The minimum Gasteiger partial charge on any atom is -0.480 e. The first-order chi connectivity index (χ1) is 9.99. The van der Waals surface area contributed by atoms with E-state index in [1.807, 2.05) is 43.0 Å². The number of carbonyl (C=O) groups is 1. The molecule has 5 heteroatoms. The van der Waals surface area contributed by atoms with Gasteiger partial charge in [-0.1, -0.05) is 26.0 Å². The van der Waals surface area contributed by atoms with Crippen molar-refractivity contribution in [1.29, 1.82) is 0 Å². The summed E-state index contributed by atoms with van der Waals surface area (Å²) in [5, 5.41) is 9.63. The van der Waals surface area contributed by atoms with Crippen molar-refractivity contribution in [3.05, 3.63) is 30.5 Å². The molecule has 2 aromatic rings. The molecule has 0 bridgehead atoms. The molecule has 1 atom stereocenters. The number of carboxylic acids is 1. The molecule has 1 N–H and O–H groups in total. The van der Waals surface area contributed by atoms with Crippen LogP contribution in [0.2, 0.25) is 0 Å². The lowest BCUT2D eigenvalue weighted by molar-refractivity contribution is -0.142. The summed E-state index contributed by atoms with van der Waals surface area (Å²) in [7, 11) is 0. The van der Waals surface area contributed by atoms with E-state index in [9.17, 15) is 9.90 Å². The summed E-state index contributed by atoms with van der Waals surface area (Å²) in [6.07, 6.45) is 3.55. The van der Waals surface area contributed by atoms with Crippen molar-refractivity contribution in [3.8, 4) is 0 Å². The second kappa shape index (κ2) is 4.98. The van der Waals surface area contributed by atoms with Crippen LogP contribution in [0.3, 0.4) is 0 Å². The molecule has 110 valence electrons. The third kappa shape index (κ3) is 2.44. The van der Waals surface area contributed by atoms with Gasteiger partial charge in [0.15, 0.2) is 0 Å². The summed E-state index contributed by atoms with van der Waals surface area (Å²) in [6.45, 7) is 4.71. The van der Waals surface area contributed by atoms with Gasteiger partial charge in [0, 0.05) is 6.54 Å². The third-order valence-electron chi connectivity index (χ3n) is 4.24. The second-order valence-corrected chi connectivity index (χ2v) is 6.24. The van der Waals surface area contributed by atoms with E-state index >= 15 is 0 Å². The van der Waals surface area contributed by atoms with Gasteiger partial charge in [0.25, 0.3) is 0 Å². The van der Waals surface area contributed by atoms with E-state index in [1.54, 1.807) is 6.20 Å². The van der Waals surface area contributed by atoms with E-state index in [0.29, 0.717) is 12.4 Å². The molecule has 21 heavy (non-hydrogen) atoms. The van der Waals surface area contributed by atoms with Gasteiger partial charge in [-0.3, -0.25) is 4.98 Å². The molecule has 0 radical (unpaired) electrons. The molecule has 1 aliphatic heterocycles. The normalized spacial score (nSPS) is 21.4. The first-order valence-electron chi connectivity index (χ1n) is 7.20. The molecule has 1 aromatic heterocycles. The highest BCUT2D eigenvalue weighted by Gasteiger charge is 2.43. The second-order valence-electron chi connectivity index (χ2n) is 6.24. The van der Waals surface area contributed by atoms with Crippen LogP contribution in [0.25, 0.3) is 11.0 Å². The van der Waals surface area contributed by atoms with Crippen LogP contribution in [0.4, 0.5) is 5.82 Å². The Morgan fingerprint density at radius 3 is 2.76 bits per heavy atom. The van der Waals surface area contributed by atoms with E-state index in [4.69, 9.17) is 0 Å². The predicted octanol–water partition coefficient (Wildman–Crippen LogP) is 2.71. The number of benzene rings is 1. The smallest absolute Gasteiger partial charge is 0.326 e. The molecule has 2 heterocycles. The largest absolute Gasteiger partial charge is 0.480 e. The number of aromatic nitrogens is 2. The Labute approximate surface area is 123 Å². The van der Waals surface area contributed by atoms with Gasteiger partial charge in [0.05, 0.1) is 17.2 Å². The van der Waals surface area contributed by atoms with Crippen molar-refractivity contribution in [3.63, 3.8) is 0 Å². The average Bonchev–Trinajstić information content (AvgIpc) is 2.45. The molecule has 1 aliphatic rings. The summed E-state index contributed by atoms with van der Waals surface area (Å²) in [5.41, 5.74) is 1.34. The Morgan fingerprint density at radius 2 is 2.05 bits per heavy atom. The summed E-state index contributed by atoms with van der Waals surface area (Å²) in [6, 6.07) is 7.07. The summed E-state index contributed by atoms with van der Waals surface area (Å²) in [4.78, 5) is 22.6. The highest BCUT2D eigenvalue weighted by molar-refractivity contribution is 5.80. The maximum Gasteiger partial charge on any atom is 0.326 e. The summed E-state index contributed by atoms with van der Waals surface area (Å²) < 4.78 is 0. The van der Waals surface area contributed by atoms with Gasteiger partial charge in [0.1, 0.15) is 11.9 Å². The molecular formula is C16H19N3O2. The number of fused-ring (bicyclic) bond motifs is 1. The van der Waals surface area contributed by atoms with Gasteiger partial charge in [-0.2, -0.15) is 0 Å².